The van der Waals surface area contributed by atoms with E-state index in [0.29, 0.717) is 11.3 Å². The second-order valence-electron chi connectivity index (χ2n) is 6.68. The third kappa shape index (κ3) is 4.55. The predicted octanol–water partition coefficient (Wildman–Crippen LogP) is 2.92. The van der Waals surface area contributed by atoms with Gasteiger partial charge in [-0.2, -0.15) is 0 Å². The summed E-state index contributed by atoms with van der Waals surface area (Å²) in [6, 6.07) is 7.18. The monoisotopic (exact) mass is 369 g/mol. The summed E-state index contributed by atoms with van der Waals surface area (Å²) >= 11 is 0. The first-order valence-corrected chi connectivity index (χ1v) is 8.96. The molecule has 0 aliphatic carbocycles. The Morgan fingerprint density at radius 2 is 1.93 bits per heavy atom. The topological polar surface area (TPSA) is 91.5 Å². The van der Waals surface area contributed by atoms with Crippen molar-refractivity contribution < 1.29 is 19.1 Å². The van der Waals surface area contributed by atoms with E-state index >= 15 is 0 Å². The number of aromatic nitrogens is 1. The fraction of sp³-hybridized carbons (Fsp3) is 0.350. The largest absolute Gasteiger partial charge is 0.451 e. The highest BCUT2D eigenvalue weighted by Gasteiger charge is 2.16. The first-order chi connectivity index (χ1) is 12.9. The fourth-order valence-corrected chi connectivity index (χ4v) is 3.17. The van der Waals surface area contributed by atoms with Crippen LogP contribution < -0.4 is 10.2 Å². The smallest absolute Gasteiger partial charge is 0.355 e. The maximum absolute atomic E-state index is 12.1. The Balaban J connectivity index is 1.53. The first-order valence-electron chi connectivity index (χ1n) is 8.96. The van der Waals surface area contributed by atoms with E-state index in [9.17, 15) is 14.4 Å². The van der Waals surface area contributed by atoms with Crippen LogP contribution in [0.3, 0.4) is 0 Å². The Hall–Kier alpha value is -3.09. The van der Waals surface area contributed by atoms with Gasteiger partial charge in [-0.25, -0.2) is 4.79 Å². The minimum absolute atomic E-state index is 0.138. The number of esters is 1. The van der Waals surface area contributed by atoms with Crippen LogP contribution in [0.25, 0.3) is 0 Å². The van der Waals surface area contributed by atoms with Crippen LogP contribution in [-0.4, -0.2) is 42.3 Å². The summed E-state index contributed by atoms with van der Waals surface area (Å²) in [7, 11) is 0. The number of carbonyl (C=O) groups is 3. The minimum Gasteiger partial charge on any atom is -0.451 e. The van der Waals surface area contributed by atoms with Crippen LogP contribution in [0.5, 0.6) is 0 Å². The summed E-state index contributed by atoms with van der Waals surface area (Å²) in [6.07, 6.45) is 3.85. The second-order valence-corrected chi connectivity index (χ2v) is 6.68. The van der Waals surface area contributed by atoms with Gasteiger partial charge in [0.25, 0.3) is 5.91 Å². The van der Waals surface area contributed by atoms with Gasteiger partial charge in [-0.3, -0.25) is 9.59 Å². The van der Waals surface area contributed by atoms with Gasteiger partial charge in [0.2, 0.25) is 0 Å². The molecule has 0 spiro atoms. The summed E-state index contributed by atoms with van der Waals surface area (Å²) in [5, 5.41) is 2.73. The number of H-pyrrole nitrogens is 1. The lowest BCUT2D eigenvalue weighted by atomic mass is 10.1. The number of nitrogens with one attached hydrogen (secondary N) is 2. The molecular weight excluding hydrogens is 346 g/mol. The molecule has 0 saturated carbocycles. The lowest BCUT2D eigenvalue weighted by Gasteiger charge is -2.20. The van der Waals surface area contributed by atoms with E-state index in [1.165, 1.54) is 37.7 Å². The zero-order chi connectivity index (χ0) is 19.4. The van der Waals surface area contributed by atoms with E-state index in [4.69, 9.17) is 4.74 Å². The zero-order valence-corrected chi connectivity index (χ0v) is 15.5. The normalized spacial score (nSPS) is 13.5. The van der Waals surface area contributed by atoms with Crippen molar-refractivity contribution in [2.45, 2.75) is 26.7 Å². The van der Waals surface area contributed by atoms with E-state index in [0.717, 1.165) is 18.7 Å². The molecular formula is C20H23N3O4. The van der Waals surface area contributed by atoms with E-state index in [2.05, 4.69) is 15.2 Å². The average Bonchev–Trinajstić information content (AvgIpc) is 3.31. The molecule has 0 unspecified atom stereocenters. The first kappa shape index (κ1) is 18.7. The molecule has 0 radical (unpaired) electrons. The fourth-order valence-electron chi connectivity index (χ4n) is 3.17. The predicted molar refractivity (Wildman–Crippen MR) is 102 cm³/mol. The molecule has 142 valence electrons. The summed E-state index contributed by atoms with van der Waals surface area (Å²) in [6.45, 7) is 5.14. The lowest BCUT2D eigenvalue weighted by molar-refractivity contribution is -0.119. The third-order valence-corrected chi connectivity index (χ3v) is 4.57. The van der Waals surface area contributed by atoms with Crippen LogP contribution in [-0.2, 0) is 9.53 Å². The molecule has 2 N–H and O–H groups in total. The molecule has 0 atom stereocenters. The van der Waals surface area contributed by atoms with Gasteiger partial charge in [0.05, 0.1) is 0 Å². The van der Waals surface area contributed by atoms with Crippen LogP contribution in [0.15, 0.2) is 30.5 Å². The van der Waals surface area contributed by atoms with Crippen LogP contribution in [0.4, 0.5) is 11.4 Å². The Morgan fingerprint density at radius 1 is 1.19 bits per heavy atom. The van der Waals surface area contributed by atoms with Crippen molar-refractivity contribution in [3.8, 4) is 0 Å². The Bertz CT molecular complexity index is 866. The maximum atomic E-state index is 12.1. The van der Waals surface area contributed by atoms with Gasteiger partial charge in [-0.1, -0.05) is 0 Å². The summed E-state index contributed by atoms with van der Waals surface area (Å²) in [4.78, 5) is 40.2. The highest BCUT2D eigenvalue weighted by atomic mass is 16.5. The van der Waals surface area contributed by atoms with Crippen LogP contribution in [0.2, 0.25) is 0 Å². The number of amides is 1. The molecule has 7 heteroatoms. The van der Waals surface area contributed by atoms with E-state index in [1.54, 1.807) is 0 Å². The average molecular weight is 369 g/mol. The van der Waals surface area contributed by atoms with Crippen molar-refractivity contribution >= 4 is 29.0 Å². The number of Topliss-reactive ketones (excluding diaryl/α,β-unsaturated/α-hetero) is 1. The number of nitrogens with zero attached hydrogens (tertiary/aromatic N) is 1. The van der Waals surface area contributed by atoms with E-state index < -0.39 is 18.5 Å². The van der Waals surface area contributed by atoms with Crippen LogP contribution >= 0.6 is 0 Å². The Morgan fingerprint density at radius 3 is 2.56 bits per heavy atom. The van der Waals surface area contributed by atoms with Gasteiger partial charge < -0.3 is 19.9 Å². The second kappa shape index (κ2) is 8.07. The highest BCUT2D eigenvalue weighted by Crippen LogP contribution is 2.26. The van der Waals surface area contributed by atoms with Gasteiger partial charge in [-0.05, 0) is 56.5 Å². The molecule has 1 saturated heterocycles. The van der Waals surface area contributed by atoms with Gasteiger partial charge in [0.15, 0.2) is 12.4 Å². The van der Waals surface area contributed by atoms with Crippen LogP contribution in [0, 0.1) is 6.92 Å². The van der Waals surface area contributed by atoms with E-state index in [-0.39, 0.29) is 11.5 Å². The van der Waals surface area contributed by atoms with Gasteiger partial charge in [0, 0.05) is 36.2 Å². The number of rotatable bonds is 6. The number of ether oxygens (including phenoxy) is 1. The van der Waals surface area contributed by atoms with Crippen molar-refractivity contribution in [2.24, 2.45) is 0 Å². The number of benzene rings is 1. The highest BCUT2D eigenvalue weighted by molar-refractivity contribution is 5.98. The zero-order valence-electron chi connectivity index (χ0n) is 15.5. The molecule has 1 aromatic carbocycles. The van der Waals surface area contributed by atoms with Crippen molar-refractivity contribution in [2.75, 3.05) is 29.9 Å². The molecule has 3 rings (SSSR count). The van der Waals surface area contributed by atoms with Crippen LogP contribution in [0.1, 0.15) is 46.2 Å². The van der Waals surface area contributed by atoms with Crippen molar-refractivity contribution in [3.05, 3.63) is 47.3 Å². The SMILES string of the molecule is CC(=O)c1c[nH]c(C(=O)OCC(=O)Nc2ccc(N3CCCC3)c(C)c2)c1. The lowest BCUT2D eigenvalue weighted by Crippen LogP contribution is -2.22. The molecule has 7 nitrogen and oxygen atoms in total. The molecule has 1 fully saturated rings. The summed E-state index contributed by atoms with van der Waals surface area (Å²) < 4.78 is 4.99. The molecule has 1 aliphatic heterocycles. The van der Waals surface area contributed by atoms with Gasteiger partial charge >= 0.3 is 5.97 Å². The van der Waals surface area contributed by atoms with Crippen molar-refractivity contribution in [1.29, 1.82) is 0 Å². The number of carbonyl (C=O) groups excluding carboxylic acids is 3. The molecule has 1 amide bonds. The molecule has 2 aromatic rings. The molecule has 1 aromatic heterocycles. The number of ketones is 1. The molecule has 1 aliphatic rings. The quantitative estimate of drug-likeness (QED) is 0.603. The Kier molecular flexibility index (Phi) is 5.59. The van der Waals surface area contributed by atoms with Crippen molar-refractivity contribution in [1.82, 2.24) is 4.98 Å². The number of aromatic amines is 1. The minimum atomic E-state index is -0.682. The molecule has 2 heterocycles. The van der Waals surface area contributed by atoms with E-state index in [1.807, 2.05) is 25.1 Å². The molecule has 0 bridgehead atoms. The standard InChI is InChI=1S/C20H23N3O4/c1-13-9-16(5-6-18(13)23-7-3-4-8-23)22-19(25)12-27-20(26)17-10-15(11-21-17)14(2)24/h5-6,9-11,21H,3-4,7-8,12H2,1-2H3,(H,22,25). The summed E-state index contributed by atoms with van der Waals surface area (Å²) in [5.41, 5.74) is 3.47. The molecule has 27 heavy (non-hydrogen) atoms. The Labute approximate surface area is 157 Å². The van der Waals surface area contributed by atoms with Gasteiger partial charge in [0.1, 0.15) is 5.69 Å². The maximum Gasteiger partial charge on any atom is 0.355 e. The number of anilines is 2. The van der Waals surface area contributed by atoms with Crippen molar-refractivity contribution in [3.63, 3.8) is 0 Å². The number of hydrogen-bond acceptors (Lipinski definition) is 5. The van der Waals surface area contributed by atoms with Gasteiger partial charge in [-0.15, -0.1) is 0 Å². The number of aryl methyl sites for hydroxylation is 1. The summed E-state index contributed by atoms with van der Waals surface area (Å²) in [5.74, 6) is -1.26. The third-order valence-electron chi connectivity index (χ3n) is 4.57. The number of hydrogen-bond donors (Lipinski definition) is 2.